The third kappa shape index (κ3) is 3.53. The Balaban J connectivity index is 2.19. The molecule has 0 aliphatic rings. The van der Waals surface area contributed by atoms with Gasteiger partial charge in [-0.1, -0.05) is 35.3 Å². The molecule has 0 aliphatic carbocycles. The third-order valence-electron chi connectivity index (χ3n) is 2.83. The van der Waals surface area contributed by atoms with Crippen molar-refractivity contribution < 1.29 is 22.1 Å². The van der Waals surface area contributed by atoms with Gasteiger partial charge in [0.15, 0.2) is 0 Å². The molecule has 0 saturated heterocycles. The van der Waals surface area contributed by atoms with Gasteiger partial charge in [0.25, 0.3) is 0 Å². The summed E-state index contributed by atoms with van der Waals surface area (Å²) in [5.41, 5.74) is 0.382. The maximum atomic E-state index is 12.9. The first kappa shape index (κ1) is 14.4. The highest BCUT2D eigenvalue weighted by Gasteiger charge is 2.29. The highest BCUT2D eigenvalue weighted by Crippen LogP contribution is 2.20. The molecule has 0 aliphatic heterocycles. The second-order valence-corrected chi connectivity index (χ2v) is 4.53. The second kappa shape index (κ2) is 5.57. The van der Waals surface area contributed by atoms with Crippen molar-refractivity contribution in [3.05, 3.63) is 59.4 Å². The van der Waals surface area contributed by atoms with E-state index in [1.807, 2.05) is 0 Å². The first-order valence-corrected chi connectivity index (χ1v) is 6.04. The molecule has 0 N–H and O–H groups in total. The molecule has 0 fully saturated rings. The quantitative estimate of drug-likeness (QED) is 0.613. The molecular formula is C14H12BF4O-. The summed E-state index contributed by atoms with van der Waals surface area (Å²) in [4.78, 5) is 0. The van der Waals surface area contributed by atoms with Crippen LogP contribution < -0.4 is 10.2 Å². The SMILES string of the molecule is Cc1ccc(OCc2ccc(F)cc2)c([B-](F)(F)F)c1. The fourth-order valence-corrected chi connectivity index (χ4v) is 1.80. The van der Waals surface area contributed by atoms with Crippen molar-refractivity contribution in [2.75, 3.05) is 0 Å². The molecule has 0 saturated carbocycles. The molecule has 20 heavy (non-hydrogen) atoms. The molecule has 106 valence electrons. The van der Waals surface area contributed by atoms with E-state index in [4.69, 9.17) is 4.74 Å². The van der Waals surface area contributed by atoms with Crippen LogP contribution in [0.3, 0.4) is 0 Å². The van der Waals surface area contributed by atoms with E-state index in [2.05, 4.69) is 0 Å². The molecule has 0 amide bonds. The van der Waals surface area contributed by atoms with Gasteiger partial charge in [0, 0.05) is 0 Å². The first-order valence-electron chi connectivity index (χ1n) is 6.04. The van der Waals surface area contributed by atoms with Crippen LogP contribution in [0.15, 0.2) is 42.5 Å². The number of aryl methyl sites for hydroxylation is 1. The Labute approximate surface area is 114 Å². The Morgan fingerprint density at radius 2 is 1.65 bits per heavy atom. The van der Waals surface area contributed by atoms with Crippen molar-refractivity contribution in [2.45, 2.75) is 13.5 Å². The lowest BCUT2D eigenvalue weighted by atomic mass is 9.78. The van der Waals surface area contributed by atoms with E-state index in [9.17, 15) is 17.3 Å². The normalized spacial score (nSPS) is 11.4. The van der Waals surface area contributed by atoms with Crippen LogP contribution in [-0.4, -0.2) is 6.98 Å². The number of rotatable bonds is 4. The molecule has 1 nitrogen and oxygen atoms in total. The smallest absolute Gasteiger partial charge is 0.492 e. The van der Waals surface area contributed by atoms with E-state index in [-0.39, 0.29) is 12.4 Å². The fraction of sp³-hybridized carbons (Fsp3) is 0.143. The van der Waals surface area contributed by atoms with Gasteiger partial charge in [-0.05, 0) is 30.7 Å². The van der Waals surface area contributed by atoms with Crippen LogP contribution in [0.4, 0.5) is 17.3 Å². The van der Waals surface area contributed by atoms with E-state index >= 15 is 0 Å². The molecule has 2 aromatic carbocycles. The van der Waals surface area contributed by atoms with Crippen LogP contribution in [0.1, 0.15) is 11.1 Å². The van der Waals surface area contributed by atoms with Crippen LogP contribution >= 0.6 is 0 Å². The average Bonchev–Trinajstić information content (AvgIpc) is 2.38. The minimum Gasteiger partial charge on any atom is -0.492 e. The predicted octanol–water partition coefficient (Wildman–Crippen LogP) is 3.77. The van der Waals surface area contributed by atoms with Gasteiger partial charge in [0.2, 0.25) is 0 Å². The zero-order chi connectivity index (χ0) is 14.8. The zero-order valence-corrected chi connectivity index (χ0v) is 10.7. The number of halogens is 4. The Kier molecular flexibility index (Phi) is 4.02. The van der Waals surface area contributed by atoms with Crippen LogP contribution in [0.5, 0.6) is 5.75 Å². The topological polar surface area (TPSA) is 9.23 Å². The Morgan fingerprint density at radius 3 is 2.25 bits per heavy atom. The average molecular weight is 283 g/mol. The summed E-state index contributed by atoms with van der Waals surface area (Å²) in [5.74, 6) is -0.601. The highest BCUT2D eigenvalue weighted by atomic mass is 19.4. The van der Waals surface area contributed by atoms with E-state index in [0.717, 1.165) is 6.07 Å². The van der Waals surface area contributed by atoms with E-state index in [0.29, 0.717) is 11.1 Å². The summed E-state index contributed by atoms with van der Waals surface area (Å²) in [6.45, 7) is -3.58. The fourth-order valence-electron chi connectivity index (χ4n) is 1.80. The van der Waals surface area contributed by atoms with Gasteiger partial charge in [0.1, 0.15) is 12.4 Å². The minimum atomic E-state index is -5.13. The second-order valence-electron chi connectivity index (χ2n) is 4.53. The predicted molar refractivity (Wildman–Crippen MR) is 70.6 cm³/mol. The molecular weight excluding hydrogens is 271 g/mol. The molecule has 0 radical (unpaired) electrons. The summed E-state index contributed by atoms with van der Waals surface area (Å²) >= 11 is 0. The van der Waals surface area contributed by atoms with Crippen molar-refractivity contribution in [2.24, 2.45) is 0 Å². The van der Waals surface area contributed by atoms with E-state index < -0.39 is 18.3 Å². The van der Waals surface area contributed by atoms with E-state index in [1.165, 1.54) is 30.3 Å². The van der Waals surface area contributed by atoms with Crippen molar-refractivity contribution in [1.29, 1.82) is 0 Å². The van der Waals surface area contributed by atoms with Crippen LogP contribution in [0.2, 0.25) is 0 Å². The van der Waals surface area contributed by atoms with Gasteiger partial charge in [-0.15, -0.1) is 0 Å². The lowest BCUT2D eigenvalue weighted by Gasteiger charge is -2.20. The van der Waals surface area contributed by atoms with Gasteiger partial charge in [-0.25, -0.2) is 4.39 Å². The van der Waals surface area contributed by atoms with Crippen molar-refractivity contribution >= 4 is 12.4 Å². The van der Waals surface area contributed by atoms with Gasteiger partial charge in [0.05, 0.1) is 5.75 Å². The molecule has 6 heteroatoms. The van der Waals surface area contributed by atoms with Gasteiger partial charge in [-0.3, -0.25) is 0 Å². The van der Waals surface area contributed by atoms with Crippen molar-refractivity contribution in [3.8, 4) is 5.75 Å². The molecule has 2 rings (SSSR count). The van der Waals surface area contributed by atoms with Crippen LogP contribution in [0, 0.1) is 12.7 Å². The summed E-state index contributed by atoms with van der Waals surface area (Å²) in [7, 11) is 0. The minimum absolute atomic E-state index is 0.0392. The zero-order valence-electron chi connectivity index (χ0n) is 10.7. The number of ether oxygens (including phenoxy) is 1. The molecule has 2 aromatic rings. The maximum Gasteiger partial charge on any atom is 0.513 e. The monoisotopic (exact) mass is 283 g/mol. The summed E-state index contributed by atoms with van der Waals surface area (Å²) in [6.07, 6.45) is 0. The number of hydrogen-bond acceptors (Lipinski definition) is 1. The number of hydrogen-bond donors (Lipinski definition) is 0. The Morgan fingerprint density at radius 1 is 1.00 bits per heavy atom. The molecule has 0 aromatic heterocycles. The molecule has 0 heterocycles. The molecule has 0 unspecified atom stereocenters. The van der Waals surface area contributed by atoms with Crippen LogP contribution in [0.25, 0.3) is 0 Å². The van der Waals surface area contributed by atoms with Crippen molar-refractivity contribution in [1.82, 2.24) is 0 Å². The molecule has 0 spiro atoms. The largest absolute Gasteiger partial charge is 0.513 e. The summed E-state index contributed by atoms with van der Waals surface area (Å²) in [6, 6.07) is 9.36. The van der Waals surface area contributed by atoms with Gasteiger partial charge >= 0.3 is 6.98 Å². The van der Waals surface area contributed by atoms with E-state index in [1.54, 1.807) is 13.0 Å². The Hall–Kier alpha value is -1.98. The lowest BCUT2D eigenvalue weighted by Crippen LogP contribution is -2.35. The van der Waals surface area contributed by atoms with Gasteiger partial charge < -0.3 is 17.7 Å². The lowest BCUT2D eigenvalue weighted by molar-refractivity contribution is 0.306. The standard InChI is InChI=1S/C14H12BF4O/c1-10-2-7-14(13(8-10)15(17,18)19)20-9-11-3-5-12(16)6-4-11/h2-8H,9H2,1H3/q-1. The Bertz CT molecular complexity index is 593. The third-order valence-corrected chi connectivity index (χ3v) is 2.83. The first-order chi connectivity index (χ1) is 9.36. The van der Waals surface area contributed by atoms with Crippen LogP contribution in [-0.2, 0) is 6.61 Å². The summed E-state index contributed by atoms with van der Waals surface area (Å²) < 4.78 is 56.8. The van der Waals surface area contributed by atoms with Gasteiger partial charge in [-0.2, -0.15) is 0 Å². The highest BCUT2D eigenvalue weighted by molar-refractivity contribution is 6.74. The number of benzene rings is 2. The summed E-state index contributed by atoms with van der Waals surface area (Å²) in [5, 5.41) is 0. The maximum absolute atomic E-state index is 12.9. The molecule has 0 atom stereocenters. The molecule has 0 bridgehead atoms. The van der Waals surface area contributed by atoms with Crippen molar-refractivity contribution in [3.63, 3.8) is 0 Å².